The first kappa shape index (κ1) is 18.5. The lowest BCUT2D eigenvalue weighted by molar-refractivity contribution is 0.571. The Bertz CT molecular complexity index is 1410. The van der Waals surface area contributed by atoms with Gasteiger partial charge in [0, 0.05) is 16.5 Å². The molecule has 0 unspecified atom stereocenters. The number of rotatable bonds is 4. The van der Waals surface area contributed by atoms with Gasteiger partial charge in [0.1, 0.15) is 11.1 Å². The van der Waals surface area contributed by atoms with E-state index in [2.05, 4.69) is 42.0 Å². The van der Waals surface area contributed by atoms with Gasteiger partial charge in [-0.15, -0.1) is 11.3 Å². The highest BCUT2D eigenvalue weighted by Gasteiger charge is 2.15. The molecule has 0 amide bonds. The van der Waals surface area contributed by atoms with Crippen molar-refractivity contribution in [2.45, 2.75) is 20.4 Å². The average Bonchev–Trinajstić information content (AvgIpc) is 3.40. The molecule has 3 heterocycles. The van der Waals surface area contributed by atoms with Gasteiger partial charge in [-0.3, -0.25) is 9.36 Å². The maximum absolute atomic E-state index is 13.3. The molecule has 0 spiro atoms. The van der Waals surface area contributed by atoms with Gasteiger partial charge in [0.25, 0.3) is 5.56 Å². The van der Waals surface area contributed by atoms with Crippen LogP contribution >= 0.6 is 11.3 Å². The summed E-state index contributed by atoms with van der Waals surface area (Å²) >= 11 is 1.49. The van der Waals surface area contributed by atoms with Crippen molar-refractivity contribution >= 4 is 21.6 Å². The summed E-state index contributed by atoms with van der Waals surface area (Å²) in [6.45, 7) is 4.47. The minimum Gasteiger partial charge on any atom is -0.444 e. The normalized spacial score (nSPS) is 11.3. The van der Waals surface area contributed by atoms with Crippen molar-refractivity contribution < 1.29 is 4.42 Å². The molecule has 0 radical (unpaired) electrons. The van der Waals surface area contributed by atoms with E-state index in [9.17, 15) is 4.79 Å². The highest BCUT2D eigenvalue weighted by atomic mass is 32.1. The van der Waals surface area contributed by atoms with E-state index in [0.717, 1.165) is 21.5 Å². The lowest BCUT2D eigenvalue weighted by Crippen LogP contribution is -2.21. The van der Waals surface area contributed by atoms with Gasteiger partial charge in [-0.05, 0) is 42.7 Å². The molecule has 0 aliphatic carbocycles. The minimum atomic E-state index is -0.0706. The van der Waals surface area contributed by atoms with Crippen LogP contribution < -0.4 is 5.56 Å². The molecule has 3 aromatic heterocycles. The first-order chi connectivity index (χ1) is 14.6. The Hall–Kier alpha value is -3.51. The van der Waals surface area contributed by atoms with E-state index in [1.165, 1.54) is 22.5 Å². The predicted octanol–water partition coefficient (Wildman–Crippen LogP) is 5.45. The van der Waals surface area contributed by atoms with E-state index in [0.29, 0.717) is 23.5 Å². The average molecular weight is 414 g/mol. The van der Waals surface area contributed by atoms with Crippen molar-refractivity contribution in [1.82, 2.24) is 14.5 Å². The molecule has 0 bridgehead atoms. The van der Waals surface area contributed by atoms with Crippen LogP contribution in [0.5, 0.6) is 0 Å². The monoisotopic (exact) mass is 413 g/mol. The van der Waals surface area contributed by atoms with Crippen molar-refractivity contribution in [2.24, 2.45) is 0 Å². The van der Waals surface area contributed by atoms with E-state index in [1.807, 2.05) is 35.7 Å². The van der Waals surface area contributed by atoms with E-state index in [4.69, 9.17) is 4.42 Å². The maximum atomic E-state index is 13.3. The third-order valence-electron chi connectivity index (χ3n) is 5.28. The maximum Gasteiger partial charge on any atom is 0.263 e. The van der Waals surface area contributed by atoms with Crippen LogP contribution in [0.4, 0.5) is 0 Å². The lowest BCUT2D eigenvalue weighted by atomic mass is 10.0. The highest BCUT2D eigenvalue weighted by molar-refractivity contribution is 7.17. The molecule has 0 fully saturated rings. The predicted molar refractivity (Wildman–Crippen MR) is 120 cm³/mol. The standard InChI is InChI=1S/C24H19N3O2S/c1-15-8-9-18(10-16(15)2)20-13-30-23-21(20)24(28)27(14-25-23)11-19-12-29-22(26-19)17-6-4-3-5-7-17/h3-10,12-14H,11H2,1-2H3. The van der Waals surface area contributed by atoms with E-state index < -0.39 is 0 Å². The van der Waals surface area contributed by atoms with Crippen LogP contribution in [0.25, 0.3) is 32.8 Å². The van der Waals surface area contributed by atoms with Crippen molar-refractivity contribution in [3.63, 3.8) is 0 Å². The minimum absolute atomic E-state index is 0.0706. The summed E-state index contributed by atoms with van der Waals surface area (Å²) in [5.41, 5.74) is 5.91. The molecule has 5 aromatic rings. The fourth-order valence-electron chi connectivity index (χ4n) is 3.47. The van der Waals surface area contributed by atoms with Crippen molar-refractivity contribution in [3.8, 4) is 22.6 Å². The topological polar surface area (TPSA) is 60.9 Å². The SMILES string of the molecule is Cc1ccc(-c2csc3ncn(Cc4coc(-c5ccccc5)n4)c(=O)c23)cc1C. The molecule has 0 aliphatic rings. The lowest BCUT2D eigenvalue weighted by Gasteiger charge is -2.06. The Kier molecular flexibility index (Phi) is 4.56. The summed E-state index contributed by atoms with van der Waals surface area (Å²) in [5.74, 6) is 0.541. The summed E-state index contributed by atoms with van der Waals surface area (Å²) in [6, 6.07) is 16.0. The van der Waals surface area contributed by atoms with Gasteiger partial charge >= 0.3 is 0 Å². The molecular weight excluding hydrogens is 394 g/mol. The summed E-state index contributed by atoms with van der Waals surface area (Å²) in [5, 5.41) is 2.66. The van der Waals surface area contributed by atoms with Crippen molar-refractivity contribution in [3.05, 3.63) is 93.7 Å². The van der Waals surface area contributed by atoms with Gasteiger partial charge in [0.05, 0.1) is 24.0 Å². The molecule has 0 N–H and O–H groups in total. The molecule has 0 saturated carbocycles. The Labute approximate surface area is 177 Å². The van der Waals surface area contributed by atoms with Crippen LogP contribution in [0.15, 0.2) is 75.7 Å². The van der Waals surface area contributed by atoms with Crippen molar-refractivity contribution in [2.75, 3.05) is 0 Å². The molecule has 5 nitrogen and oxygen atoms in total. The number of hydrogen-bond acceptors (Lipinski definition) is 5. The molecule has 0 atom stereocenters. The fourth-order valence-corrected chi connectivity index (χ4v) is 4.38. The smallest absolute Gasteiger partial charge is 0.263 e. The van der Waals surface area contributed by atoms with Crippen LogP contribution in [0.2, 0.25) is 0 Å². The number of thiophene rings is 1. The van der Waals surface area contributed by atoms with Crippen LogP contribution in [-0.2, 0) is 6.54 Å². The number of oxazole rings is 1. The number of nitrogens with zero attached hydrogens (tertiary/aromatic N) is 3. The van der Waals surface area contributed by atoms with Crippen LogP contribution in [-0.4, -0.2) is 14.5 Å². The van der Waals surface area contributed by atoms with Crippen LogP contribution in [0.3, 0.4) is 0 Å². The molecule has 148 valence electrons. The number of benzene rings is 2. The fraction of sp³-hybridized carbons (Fsp3) is 0.125. The summed E-state index contributed by atoms with van der Waals surface area (Å²) in [7, 11) is 0. The second-order valence-corrected chi connectivity index (χ2v) is 8.17. The Morgan fingerprint density at radius 1 is 1.03 bits per heavy atom. The number of fused-ring (bicyclic) bond motifs is 1. The molecule has 0 saturated heterocycles. The van der Waals surface area contributed by atoms with Gasteiger partial charge in [-0.1, -0.05) is 36.4 Å². The molecule has 2 aromatic carbocycles. The van der Waals surface area contributed by atoms with Crippen LogP contribution in [0, 0.1) is 13.8 Å². The number of aromatic nitrogens is 3. The van der Waals surface area contributed by atoms with E-state index >= 15 is 0 Å². The molecule has 30 heavy (non-hydrogen) atoms. The largest absolute Gasteiger partial charge is 0.444 e. The first-order valence-electron chi connectivity index (χ1n) is 9.64. The van der Waals surface area contributed by atoms with Gasteiger partial charge in [-0.25, -0.2) is 9.97 Å². The summed E-state index contributed by atoms with van der Waals surface area (Å²) < 4.78 is 7.20. The highest BCUT2D eigenvalue weighted by Crippen LogP contribution is 2.31. The zero-order valence-electron chi connectivity index (χ0n) is 16.6. The number of aryl methyl sites for hydroxylation is 2. The summed E-state index contributed by atoms with van der Waals surface area (Å²) in [6.07, 6.45) is 3.18. The van der Waals surface area contributed by atoms with Gasteiger partial charge in [-0.2, -0.15) is 0 Å². The molecular formula is C24H19N3O2S. The van der Waals surface area contributed by atoms with Crippen molar-refractivity contribution in [1.29, 1.82) is 0 Å². The third-order valence-corrected chi connectivity index (χ3v) is 6.17. The second-order valence-electron chi connectivity index (χ2n) is 7.32. The Morgan fingerprint density at radius 2 is 1.87 bits per heavy atom. The molecule has 5 rings (SSSR count). The van der Waals surface area contributed by atoms with Crippen LogP contribution in [0.1, 0.15) is 16.8 Å². The molecule has 0 aliphatic heterocycles. The Morgan fingerprint density at radius 3 is 2.67 bits per heavy atom. The van der Waals surface area contributed by atoms with E-state index in [1.54, 1.807) is 17.2 Å². The summed E-state index contributed by atoms with van der Waals surface area (Å²) in [4.78, 5) is 23.1. The zero-order chi connectivity index (χ0) is 20.7. The van der Waals surface area contributed by atoms with E-state index in [-0.39, 0.29) is 5.56 Å². The third kappa shape index (κ3) is 3.25. The van der Waals surface area contributed by atoms with Gasteiger partial charge in [0.15, 0.2) is 0 Å². The number of hydrogen-bond donors (Lipinski definition) is 0. The first-order valence-corrected chi connectivity index (χ1v) is 10.5. The molecule has 6 heteroatoms. The Balaban J connectivity index is 1.53. The van der Waals surface area contributed by atoms with Gasteiger partial charge < -0.3 is 4.42 Å². The zero-order valence-corrected chi connectivity index (χ0v) is 17.4. The second kappa shape index (κ2) is 7.39. The van der Waals surface area contributed by atoms with Gasteiger partial charge in [0.2, 0.25) is 5.89 Å². The quantitative estimate of drug-likeness (QED) is 0.393.